The molecule has 1 heterocycles. The summed E-state index contributed by atoms with van der Waals surface area (Å²) in [6.07, 6.45) is 1.61. The quantitative estimate of drug-likeness (QED) is 0.697. The molecule has 0 bridgehead atoms. The van der Waals surface area contributed by atoms with Crippen LogP contribution in [0, 0.1) is 5.82 Å². The molecule has 0 atom stereocenters. The van der Waals surface area contributed by atoms with E-state index in [0.29, 0.717) is 15.7 Å². The molecular formula is C17H15FN2O3S. The number of para-hydroxylation sites is 2. The molecule has 0 N–H and O–H groups in total. The fraction of sp³-hybridized carbons (Fsp3) is 0.176. The van der Waals surface area contributed by atoms with Gasteiger partial charge >= 0.3 is 0 Å². The van der Waals surface area contributed by atoms with Gasteiger partial charge < -0.3 is 14.2 Å². The van der Waals surface area contributed by atoms with Gasteiger partial charge in [0, 0.05) is 6.07 Å². The molecule has 0 fully saturated rings. The van der Waals surface area contributed by atoms with Crippen molar-refractivity contribution in [2.75, 3.05) is 21.3 Å². The van der Waals surface area contributed by atoms with E-state index in [4.69, 9.17) is 14.2 Å². The van der Waals surface area contributed by atoms with Gasteiger partial charge in [-0.3, -0.25) is 4.98 Å². The van der Waals surface area contributed by atoms with Gasteiger partial charge in [0.05, 0.1) is 43.5 Å². The van der Waals surface area contributed by atoms with E-state index in [1.165, 1.54) is 21.3 Å². The Morgan fingerprint density at radius 2 is 1.67 bits per heavy atom. The van der Waals surface area contributed by atoms with E-state index in [1.807, 2.05) is 24.3 Å². The summed E-state index contributed by atoms with van der Waals surface area (Å²) in [5.41, 5.74) is 1.53. The van der Waals surface area contributed by atoms with Gasteiger partial charge in [-0.05, 0) is 12.1 Å². The van der Waals surface area contributed by atoms with Crippen molar-refractivity contribution in [2.45, 2.75) is 9.92 Å². The highest BCUT2D eigenvalue weighted by Gasteiger charge is 2.21. The number of nitrogens with zero attached hydrogens (tertiary/aromatic N) is 2. The third-order valence-electron chi connectivity index (χ3n) is 3.38. The first kappa shape index (κ1) is 16.3. The van der Waals surface area contributed by atoms with Gasteiger partial charge in [0.2, 0.25) is 11.5 Å². The van der Waals surface area contributed by atoms with E-state index in [0.717, 1.165) is 22.8 Å². The minimum absolute atomic E-state index is 0.00639. The molecule has 0 spiro atoms. The lowest BCUT2D eigenvalue weighted by Gasteiger charge is -2.15. The lowest BCUT2D eigenvalue weighted by Crippen LogP contribution is -1.99. The van der Waals surface area contributed by atoms with Gasteiger partial charge in [-0.1, -0.05) is 23.9 Å². The molecule has 0 radical (unpaired) electrons. The minimum Gasteiger partial charge on any atom is -0.493 e. The topological polar surface area (TPSA) is 53.5 Å². The number of halogens is 1. The average molecular weight is 346 g/mol. The van der Waals surface area contributed by atoms with Crippen molar-refractivity contribution in [3.63, 3.8) is 0 Å². The van der Waals surface area contributed by atoms with E-state index >= 15 is 0 Å². The summed E-state index contributed by atoms with van der Waals surface area (Å²) in [5, 5.41) is 0.571. The van der Waals surface area contributed by atoms with Crippen LogP contribution in [0.4, 0.5) is 4.39 Å². The maximum absolute atomic E-state index is 14.7. The summed E-state index contributed by atoms with van der Waals surface area (Å²) in [7, 11) is 4.30. The van der Waals surface area contributed by atoms with Gasteiger partial charge in [-0.25, -0.2) is 9.37 Å². The molecule has 0 aliphatic rings. The van der Waals surface area contributed by atoms with Crippen molar-refractivity contribution in [2.24, 2.45) is 0 Å². The second-order valence-corrected chi connectivity index (χ2v) is 5.82. The van der Waals surface area contributed by atoms with Crippen LogP contribution in [-0.2, 0) is 0 Å². The van der Waals surface area contributed by atoms with Crippen molar-refractivity contribution >= 4 is 22.8 Å². The lowest BCUT2D eigenvalue weighted by atomic mass is 10.2. The van der Waals surface area contributed by atoms with Gasteiger partial charge in [0.25, 0.3) is 0 Å². The van der Waals surface area contributed by atoms with Crippen LogP contribution >= 0.6 is 11.8 Å². The first-order valence-corrected chi connectivity index (χ1v) is 7.87. The number of methoxy groups -OCH3 is 3. The molecule has 24 heavy (non-hydrogen) atoms. The Morgan fingerprint density at radius 3 is 2.33 bits per heavy atom. The molecule has 0 aliphatic heterocycles. The van der Waals surface area contributed by atoms with Gasteiger partial charge in [-0.15, -0.1) is 0 Å². The number of ether oxygens (including phenoxy) is 3. The van der Waals surface area contributed by atoms with Crippen LogP contribution in [-0.4, -0.2) is 31.3 Å². The van der Waals surface area contributed by atoms with Crippen molar-refractivity contribution < 1.29 is 18.6 Å². The number of hydrogen-bond donors (Lipinski definition) is 0. The van der Waals surface area contributed by atoms with E-state index in [1.54, 1.807) is 12.3 Å². The number of hydrogen-bond acceptors (Lipinski definition) is 6. The van der Waals surface area contributed by atoms with E-state index in [9.17, 15) is 4.39 Å². The third kappa shape index (κ3) is 2.94. The summed E-state index contributed by atoms with van der Waals surface area (Å²) in [4.78, 5) is 9.13. The Bertz CT molecular complexity index is 889. The molecule has 0 saturated heterocycles. The second kappa shape index (κ2) is 6.92. The van der Waals surface area contributed by atoms with Crippen LogP contribution in [0.1, 0.15) is 0 Å². The summed E-state index contributed by atoms with van der Waals surface area (Å²) in [6.45, 7) is 0. The number of aromatic nitrogens is 2. The highest BCUT2D eigenvalue weighted by molar-refractivity contribution is 7.99. The maximum atomic E-state index is 14.7. The van der Waals surface area contributed by atoms with Crippen LogP contribution in [0.2, 0.25) is 0 Å². The van der Waals surface area contributed by atoms with E-state index in [2.05, 4.69) is 9.97 Å². The van der Waals surface area contributed by atoms with Crippen LogP contribution < -0.4 is 14.2 Å². The Morgan fingerprint density at radius 1 is 0.958 bits per heavy atom. The Kier molecular flexibility index (Phi) is 4.71. The first-order valence-electron chi connectivity index (χ1n) is 7.06. The minimum atomic E-state index is -0.532. The fourth-order valence-corrected chi connectivity index (χ4v) is 3.10. The van der Waals surface area contributed by atoms with Gasteiger partial charge in [0.15, 0.2) is 11.6 Å². The van der Waals surface area contributed by atoms with Gasteiger partial charge in [0.1, 0.15) is 5.03 Å². The Balaban J connectivity index is 2.04. The largest absolute Gasteiger partial charge is 0.493 e. The predicted molar refractivity (Wildman–Crippen MR) is 89.7 cm³/mol. The normalized spacial score (nSPS) is 10.7. The van der Waals surface area contributed by atoms with Crippen LogP contribution in [0.5, 0.6) is 17.2 Å². The molecule has 3 aromatic rings. The predicted octanol–water partition coefficient (Wildman–Crippen LogP) is 3.95. The van der Waals surface area contributed by atoms with Crippen molar-refractivity contribution in [3.8, 4) is 17.2 Å². The SMILES string of the molecule is COc1cc(Sc2cnc3ccccc3n2)c(F)c(OC)c1OC. The summed E-state index contributed by atoms with van der Waals surface area (Å²) < 4.78 is 30.3. The van der Waals surface area contributed by atoms with Crippen LogP contribution in [0.25, 0.3) is 11.0 Å². The molecule has 3 rings (SSSR count). The maximum Gasteiger partial charge on any atom is 0.206 e. The second-order valence-electron chi connectivity index (χ2n) is 4.76. The number of benzene rings is 2. The highest BCUT2D eigenvalue weighted by Crippen LogP contribution is 2.45. The highest BCUT2D eigenvalue weighted by atomic mass is 32.2. The Labute approximate surface area is 142 Å². The summed E-state index contributed by atoms with van der Waals surface area (Å²) in [5.74, 6) is 0.0571. The standard InChI is InChI=1S/C17H15FN2O3S/c1-21-12-8-13(15(18)17(23-3)16(12)22-2)24-14-9-19-10-6-4-5-7-11(10)20-14/h4-9H,1-3H3. The average Bonchev–Trinajstić information content (AvgIpc) is 2.62. The zero-order valence-electron chi connectivity index (χ0n) is 13.4. The summed E-state index contributed by atoms with van der Waals surface area (Å²) >= 11 is 1.14. The molecule has 0 aliphatic carbocycles. The van der Waals surface area contributed by atoms with Gasteiger partial charge in [-0.2, -0.15) is 0 Å². The molecule has 0 unspecified atom stereocenters. The first-order chi connectivity index (χ1) is 11.7. The van der Waals surface area contributed by atoms with Crippen molar-refractivity contribution in [1.29, 1.82) is 0 Å². The van der Waals surface area contributed by atoms with E-state index in [-0.39, 0.29) is 11.5 Å². The molecule has 0 saturated carbocycles. The zero-order chi connectivity index (χ0) is 17.1. The van der Waals surface area contributed by atoms with Crippen LogP contribution in [0.3, 0.4) is 0 Å². The van der Waals surface area contributed by atoms with E-state index < -0.39 is 5.82 Å². The lowest BCUT2D eigenvalue weighted by molar-refractivity contribution is 0.309. The summed E-state index contributed by atoms with van der Waals surface area (Å²) in [6, 6.07) is 9.06. The molecule has 7 heteroatoms. The molecule has 5 nitrogen and oxygen atoms in total. The molecule has 0 amide bonds. The zero-order valence-corrected chi connectivity index (χ0v) is 14.2. The molecule has 1 aromatic heterocycles. The third-order valence-corrected chi connectivity index (χ3v) is 4.30. The fourth-order valence-electron chi connectivity index (χ4n) is 2.27. The van der Waals surface area contributed by atoms with Crippen molar-refractivity contribution in [1.82, 2.24) is 9.97 Å². The molecule has 124 valence electrons. The Hall–Kier alpha value is -2.54. The smallest absolute Gasteiger partial charge is 0.206 e. The van der Waals surface area contributed by atoms with Crippen LogP contribution in [0.15, 0.2) is 46.5 Å². The number of rotatable bonds is 5. The number of fused-ring (bicyclic) bond motifs is 1. The molecular weight excluding hydrogens is 331 g/mol. The van der Waals surface area contributed by atoms with Crippen molar-refractivity contribution in [3.05, 3.63) is 42.3 Å². The molecule has 2 aromatic carbocycles. The monoisotopic (exact) mass is 346 g/mol.